The molecule has 0 aliphatic carbocycles. The summed E-state index contributed by atoms with van der Waals surface area (Å²) >= 11 is 1.37. The van der Waals surface area contributed by atoms with E-state index in [4.69, 9.17) is 0 Å². The predicted octanol–water partition coefficient (Wildman–Crippen LogP) is 3.07. The molecule has 1 rings (SSSR count). The molecule has 1 atom stereocenters. The minimum Gasteiger partial charge on any atom is -0.456 e. The molecule has 7 heteroatoms. The maximum Gasteiger partial charge on any atom is 0.438 e. The molecule has 0 saturated carbocycles. The first-order chi connectivity index (χ1) is 9.56. The fourth-order valence-electron chi connectivity index (χ4n) is 1.30. The van der Waals surface area contributed by atoms with Gasteiger partial charge in [-0.2, -0.15) is 0 Å². The molecule has 0 aliphatic rings. The summed E-state index contributed by atoms with van der Waals surface area (Å²) in [7, 11) is 1.10. The van der Waals surface area contributed by atoms with E-state index in [2.05, 4.69) is 16.2 Å². The second kappa shape index (κ2) is 8.21. The van der Waals surface area contributed by atoms with Crippen molar-refractivity contribution in [2.75, 3.05) is 12.9 Å². The van der Waals surface area contributed by atoms with Crippen LogP contribution < -0.4 is 0 Å². The Kier molecular flexibility index (Phi) is 6.58. The number of methoxy groups -OCH3 is 1. The molecule has 0 amide bonds. The number of carbonyl (C=O) groups excluding carboxylic acids is 1. The molecule has 1 unspecified atom stereocenters. The van der Waals surface area contributed by atoms with Crippen LogP contribution in [-0.4, -0.2) is 30.1 Å². The van der Waals surface area contributed by atoms with Crippen molar-refractivity contribution in [1.82, 2.24) is 0 Å². The van der Waals surface area contributed by atoms with Crippen LogP contribution in [0.15, 0.2) is 36.9 Å². The molecule has 0 heterocycles. The number of hydrogen-bond acceptors (Lipinski definition) is 5. The van der Waals surface area contributed by atoms with Gasteiger partial charge in [0.2, 0.25) is 6.21 Å². The van der Waals surface area contributed by atoms with Crippen molar-refractivity contribution in [3.8, 4) is 0 Å². The molecule has 1 aromatic rings. The SMILES string of the molecule is C=CCSC(/C=[N+](\[O-])OC(=O)OC)c1ccc(F)cc1. The van der Waals surface area contributed by atoms with Crippen LogP contribution in [0.3, 0.4) is 0 Å². The molecular weight excluding hydrogens is 285 g/mol. The zero-order chi connectivity index (χ0) is 15.0. The molecule has 0 aliphatic heterocycles. The van der Waals surface area contributed by atoms with Gasteiger partial charge in [-0.25, -0.2) is 9.18 Å². The van der Waals surface area contributed by atoms with Gasteiger partial charge in [-0.1, -0.05) is 18.2 Å². The van der Waals surface area contributed by atoms with Gasteiger partial charge in [-0.15, -0.1) is 18.3 Å². The van der Waals surface area contributed by atoms with Crippen molar-refractivity contribution in [2.45, 2.75) is 5.25 Å². The van der Waals surface area contributed by atoms with E-state index in [0.717, 1.165) is 13.3 Å². The van der Waals surface area contributed by atoms with Crippen molar-refractivity contribution in [1.29, 1.82) is 0 Å². The molecule has 0 aromatic heterocycles. The zero-order valence-corrected chi connectivity index (χ0v) is 11.6. The maximum atomic E-state index is 12.9. The summed E-state index contributed by atoms with van der Waals surface area (Å²) in [6, 6.07) is 5.69. The van der Waals surface area contributed by atoms with Gasteiger partial charge < -0.3 is 4.74 Å². The van der Waals surface area contributed by atoms with Gasteiger partial charge in [0.1, 0.15) is 11.1 Å². The van der Waals surface area contributed by atoms with Crippen molar-refractivity contribution in [3.63, 3.8) is 0 Å². The second-order valence-corrected chi connectivity index (χ2v) is 4.75. The molecule has 5 nitrogen and oxygen atoms in total. The average molecular weight is 299 g/mol. The summed E-state index contributed by atoms with van der Waals surface area (Å²) in [4.78, 5) is 15.1. The lowest BCUT2D eigenvalue weighted by atomic mass is 10.1. The normalized spacial score (nSPS) is 12.6. The first-order valence-electron chi connectivity index (χ1n) is 5.62. The number of benzene rings is 1. The summed E-state index contributed by atoms with van der Waals surface area (Å²) in [6.07, 6.45) is 1.71. The van der Waals surface area contributed by atoms with E-state index in [1.807, 2.05) is 0 Å². The Morgan fingerprint density at radius 2 is 2.20 bits per heavy atom. The molecule has 0 spiro atoms. The van der Waals surface area contributed by atoms with Crippen LogP contribution in [0, 0.1) is 11.0 Å². The zero-order valence-electron chi connectivity index (χ0n) is 10.8. The lowest BCUT2D eigenvalue weighted by molar-refractivity contribution is -0.711. The monoisotopic (exact) mass is 299 g/mol. The Labute approximate surface area is 120 Å². The molecule has 0 saturated heterocycles. The Bertz CT molecular complexity index is 490. The third-order valence-corrected chi connectivity index (χ3v) is 3.36. The first kappa shape index (κ1) is 16.0. The highest BCUT2D eigenvalue weighted by Crippen LogP contribution is 2.27. The maximum absolute atomic E-state index is 12.9. The van der Waals surface area contributed by atoms with E-state index in [1.54, 1.807) is 18.2 Å². The smallest absolute Gasteiger partial charge is 0.438 e. The van der Waals surface area contributed by atoms with E-state index in [1.165, 1.54) is 23.9 Å². The minimum atomic E-state index is -1.11. The van der Waals surface area contributed by atoms with Gasteiger partial charge in [0.05, 0.1) is 7.11 Å². The lowest BCUT2D eigenvalue weighted by Gasteiger charge is -2.10. The predicted molar refractivity (Wildman–Crippen MR) is 75.0 cm³/mol. The van der Waals surface area contributed by atoms with Crippen molar-refractivity contribution in [3.05, 3.63) is 53.5 Å². The number of rotatable bonds is 6. The van der Waals surface area contributed by atoms with Crippen molar-refractivity contribution in [2.24, 2.45) is 0 Å². The largest absolute Gasteiger partial charge is 0.456 e. The van der Waals surface area contributed by atoms with Crippen LogP contribution in [0.1, 0.15) is 10.8 Å². The van der Waals surface area contributed by atoms with E-state index in [9.17, 15) is 14.4 Å². The van der Waals surface area contributed by atoms with Gasteiger partial charge in [0, 0.05) is 10.7 Å². The van der Waals surface area contributed by atoms with E-state index < -0.39 is 11.4 Å². The van der Waals surface area contributed by atoms with Crippen LogP contribution in [0.5, 0.6) is 0 Å². The van der Waals surface area contributed by atoms with Gasteiger partial charge in [-0.3, -0.25) is 10.0 Å². The third kappa shape index (κ3) is 5.31. The summed E-state index contributed by atoms with van der Waals surface area (Å²) < 4.78 is 17.1. The van der Waals surface area contributed by atoms with Crippen molar-refractivity contribution >= 4 is 24.1 Å². The molecule has 0 bridgehead atoms. The van der Waals surface area contributed by atoms with E-state index in [0.29, 0.717) is 11.3 Å². The summed E-state index contributed by atoms with van der Waals surface area (Å²) in [5, 5.41) is 11.0. The second-order valence-electron chi connectivity index (χ2n) is 3.57. The summed E-state index contributed by atoms with van der Waals surface area (Å²) in [6.45, 7) is 3.59. The van der Waals surface area contributed by atoms with Gasteiger partial charge >= 0.3 is 6.16 Å². The van der Waals surface area contributed by atoms with Gasteiger partial charge in [-0.05, 0) is 17.7 Å². The highest BCUT2D eigenvalue weighted by atomic mass is 32.2. The Balaban J connectivity index is 2.88. The average Bonchev–Trinajstić information content (AvgIpc) is 2.44. The first-order valence-corrected chi connectivity index (χ1v) is 6.67. The number of ether oxygens (including phenoxy) is 1. The highest BCUT2D eigenvalue weighted by molar-refractivity contribution is 8.00. The fourth-order valence-corrected chi connectivity index (χ4v) is 2.18. The minimum absolute atomic E-state index is 0.0238. The standard InChI is InChI=1S/C13H14FNO4S/c1-3-8-20-12(9-15(17)19-13(16)18-2)10-4-6-11(14)7-5-10/h3-7,9,12H,1,8H2,2H3/b15-9+. The number of halogens is 1. The van der Waals surface area contributed by atoms with Crippen LogP contribution in [0.2, 0.25) is 0 Å². The van der Waals surface area contributed by atoms with Crippen LogP contribution >= 0.6 is 11.8 Å². The molecule has 0 radical (unpaired) electrons. The Morgan fingerprint density at radius 1 is 1.55 bits per heavy atom. The topological polar surface area (TPSA) is 61.6 Å². The van der Waals surface area contributed by atoms with Crippen LogP contribution in [-0.2, 0) is 9.57 Å². The number of thioether (sulfide) groups is 1. The number of hydrogen-bond donors (Lipinski definition) is 0. The molecular formula is C13H14FNO4S. The molecule has 20 heavy (non-hydrogen) atoms. The Hall–Kier alpha value is -2.02. The summed E-state index contributed by atoms with van der Waals surface area (Å²) in [5.74, 6) is 0.205. The van der Waals surface area contributed by atoms with E-state index >= 15 is 0 Å². The fraction of sp³-hybridized carbons (Fsp3) is 0.231. The highest BCUT2D eigenvalue weighted by Gasteiger charge is 2.15. The number of nitrogens with zero attached hydrogens (tertiary/aromatic N) is 1. The third-order valence-electron chi connectivity index (χ3n) is 2.18. The number of carbonyl (C=O) groups is 1. The Morgan fingerprint density at radius 3 is 2.75 bits per heavy atom. The molecule has 108 valence electrons. The van der Waals surface area contributed by atoms with Crippen molar-refractivity contribution < 1.29 is 23.7 Å². The lowest BCUT2D eigenvalue weighted by Crippen LogP contribution is -2.16. The van der Waals surface area contributed by atoms with Crippen LogP contribution in [0.4, 0.5) is 9.18 Å². The van der Waals surface area contributed by atoms with Gasteiger partial charge in [0.15, 0.2) is 0 Å². The molecule has 0 N–H and O–H groups in total. The van der Waals surface area contributed by atoms with Gasteiger partial charge in [0.25, 0.3) is 0 Å². The summed E-state index contributed by atoms with van der Waals surface area (Å²) in [5.41, 5.74) is 0.701. The van der Waals surface area contributed by atoms with E-state index in [-0.39, 0.29) is 10.7 Å². The molecule has 0 fully saturated rings. The quantitative estimate of drug-likeness (QED) is 0.202. The molecule has 1 aromatic carbocycles. The van der Waals surface area contributed by atoms with Crippen LogP contribution in [0.25, 0.3) is 0 Å².